The first-order valence-electron chi connectivity index (χ1n) is 6.37. The van der Waals surface area contributed by atoms with Gasteiger partial charge >= 0.3 is 0 Å². The molecule has 3 aromatic rings. The van der Waals surface area contributed by atoms with E-state index in [0.717, 1.165) is 29.0 Å². The normalized spacial score (nSPS) is 10.5. The third-order valence-electron chi connectivity index (χ3n) is 3.19. The molecule has 4 heteroatoms. The van der Waals surface area contributed by atoms with E-state index in [-0.39, 0.29) is 6.61 Å². The number of benzene rings is 1. The topological polar surface area (TPSA) is 38.0 Å². The van der Waals surface area contributed by atoms with Gasteiger partial charge in [0.2, 0.25) is 0 Å². The lowest BCUT2D eigenvalue weighted by Gasteiger charge is -2.05. The van der Waals surface area contributed by atoms with Gasteiger partial charge in [-0.2, -0.15) is 0 Å². The number of aromatic nitrogens is 2. The van der Waals surface area contributed by atoms with Gasteiger partial charge in [-0.25, -0.2) is 4.98 Å². The highest BCUT2D eigenvalue weighted by Crippen LogP contribution is 2.22. The van der Waals surface area contributed by atoms with E-state index in [1.807, 2.05) is 36.6 Å². The van der Waals surface area contributed by atoms with Crippen molar-refractivity contribution in [2.24, 2.45) is 0 Å². The molecular formula is C16H14N2OS. The first-order valence-corrected chi connectivity index (χ1v) is 7.25. The minimum Gasteiger partial charge on any atom is -0.384 e. The van der Waals surface area contributed by atoms with E-state index in [0.29, 0.717) is 0 Å². The van der Waals surface area contributed by atoms with Crippen LogP contribution in [0.1, 0.15) is 16.3 Å². The number of hydrogen-bond acceptors (Lipinski definition) is 3. The highest BCUT2D eigenvalue weighted by atomic mass is 32.1. The zero-order valence-electron chi connectivity index (χ0n) is 11.1. The highest BCUT2D eigenvalue weighted by molar-refractivity contribution is 7.10. The van der Waals surface area contributed by atoms with Gasteiger partial charge < -0.3 is 9.67 Å². The van der Waals surface area contributed by atoms with Crippen molar-refractivity contribution in [3.8, 4) is 11.8 Å². The summed E-state index contributed by atoms with van der Waals surface area (Å²) in [4.78, 5) is 5.77. The fourth-order valence-corrected chi connectivity index (χ4v) is 3.07. The lowest BCUT2D eigenvalue weighted by molar-refractivity contribution is 0.350. The van der Waals surface area contributed by atoms with Crippen LogP contribution in [0.15, 0.2) is 35.7 Å². The molecule has 0 spiro atoms. The average molecular weight is 282 g/mol. The maximum absolute atomic E-state index is 8.81. The van der Waals surface area contributed by atoms with E-state index < -0.39 is 0 Å². The van der Waals surface area contributed by atoms with Crippen LogP contribution in [-0.2, 0) is 6.54 Å². The van der Waals surface area contributed by atoms with Crippen molar-refractivity contribution in [3.05, 3.63) is 52.0 Å². The third kappa shape index (κ3) is 2.34. The van der Waals surface area contributed by atoms with Gasteiger partial charge in [-0.05, 0) is 30.5 Å². The number of hydrogen-bond donors (Lipinski definition) is 1. The molecule has 0 aliphatic heterocycles. The molecule has 20 heavy (non-hydrogen) atoms. The Morgan fingerprint density at radius 3 is 3.00 bits per heavy atom. The molecule has 3 rings (SSSR count). The summed E-state index contributed by atoms with van der Waals surface area (Å²) in [6, 6.07) is 10.1. The molecule has 0 fully saturated rings. The van der Waals surface area contributed by atoms with E-state index >= 15 is 0 Å². The second-order valence-corrected chi connectivity index (χ2v) is 5.45. The van der Waals surface area contributed by atoms with Crippen molar-refractivity contribution >= 4 is 22.4 Å². The molecule has 0 saturated heterocycles. The predicted octanol–water partition coefficient (Wildman–Crippen LogP) is 2.80. The minimum atomic E-state index is -0.109. The Bertz CT molecular complexity index is 805. The first kappa shape index (κ1) is 12.9. The third-order valence-corrected chi connectivity index (χ3v) is 4.10. The molecule has 0 radical (unpaired) electrons. The van der Waals surface area contributed by atoms with Crippen molar-refractivity contribution in [2.45, 2.75) is 13.5 Å². The number of aryl methyl sites for hydroxylation is 1. The van der Waals surface area contributed by atoms with Gasteiger partial charge in [0.1, 0.15) is 12.4 Å². The van der Waals surface area contributed by atoms with Gasteiger partial charge in [0.05, 0.1) is 17.6 Å². The number of nitrogens with zero attached hydrogens (tertiary/aromatic N) is 2. The van der Waals surface area contributed by atoms with Gasteiger partial charge in [0.15, 0.2) is 0 Å². The quantitative estimate of drug-likeness (QED) is 0.734. The van der Waals surface area contributed by atoms with Crippen LogP contribution in [0.5, 0.6) is 0 Å². The Hall–Kier alpha value is -2.09. The van der Waals surface area contributed by atoms with Gasteiger partial charge in [-0.1, -0.05) is 24.0 Å². The molecule has 100 valence electrons. The zero-order valence-corrected chi connectivity index (χ0v) is 11.9. The Labute approximate surface area is 121 Å². The Morgan fingerprint density at radius 1 is 1.30 bits per heavy atom. The molecule has 2 heterocycles. The van der Waals surface area contributed by atoms with Crippen LogP contribution >= 0.6 is 11.3 Å². The van der Waals surface area contributed by atoms with E-state index in [9.17, 15) is 0 Å². The monoisotopic (exact) mass is 282 g/mol. The van der Waals surface area contributed by atoms with Crippen LogP contribution < -0.4 is 0 Å². The molecule has 0 saturated carbocycles. The molecule has 0 bridgehead atoms. The second-order valence-electron chi connectivity index (χ2n) is 4.45. The molecule has 0 atom stereocenters. The summed E-state index contributed by atoms with van der Waals surface area (Å²) < 4.78 is 2.20. The Kier molecular flexibility index (Phi) is 3.55. The van der Waals surface area contributed by atoms with Crippen molar-refractivity contribution in [2.75, 3.05) is 6.61 Å². The number of aliphatic hydroxyl groups excluding tert-OH is 1. The highest BCUT2D eigenvalue weighted by Gasteiger charge is 2.09. The van der Waals surface area contributed by atoms with Crippen LogP contribution in [0.3, 0.4) is 0 Å². The molecule has 2 aromatic heterocycles. The maximum Gasteiger partial charge on any atom is 0.107 e. The Morgan fingerprint density at radius 2 is 2.15 bits per heavy atom. The van der Waals surface area contributed by atoms with E-state index in [2.05, 4.69) is 27.5 Å². The fourth-order valence-electron chi connectivity index (χ4n) is 2.25. The number of imidazole rings is 1. The van der Waals surface area contributed by atoms with Gasteiger partial charge in [-0.15, -0.1) is 11.3 Å². The summed E-state index contributed by atoms with van der Waals surface area (Å²) >= 11 is 1.68. The summed E-state index contributed by atoms with van der Waals surface area (Å²) in [7, 11) is 0. The summed E-state index contributed by atoms with van der Waals surface area (Å²) in [5.74, 6) is 6.71. The molecule has 0 amide bonds. The van der Waals surface area contributed by atoms with Crippen LogP contribution in [0.2, 0.25) is 0 Å². The number of rotatable bonds is 2. The molecule has 0 aliphatic carbocycles. The number of aliphatic hydroxyl groups is 1. The molecule has 0 aliphatic rings. The van der Waals surface area contributed by atoms with E-state index in [1.54, 1.807) is 11.3 Å². The average Bonchev–Trinajstić information content (AvgIpc) is 3.02. The Balaban J connectivity index is 2.02. The fraction of sp³-hybridized carbons (Fsp3) is 0.188. The summed E-state index contributed by atoms with van der Waals surface area (Å²) in [6.45, 7) is 2.68. The van der Waals surface area contributed by atoms with Crippen LogP contribution in [0.4, 0.5) is 0 Å². The minimum absolute atomic E-state index is 0.109. The zero-order chi connectivity index (χ0) is 13.9. The van der Waals surface area contributed by atoms with Gasteiger partial charge in [-0.3, -0.25) is 0 Å². The van der Waals surface area contributed by atoms with Gasteiger partial charge in [0.25, 0.3) is 0 Å². The molecule has 1 aromatic carbocycles. The maximum atomic E-state index is 8.81. The smallest absolute Gasteiger partial charge is 0.107 e. The molecule has 3 nitrogen and oxygen atoms in total. The predicted molar refractivity (Wildman–Crippen MR) is 81.9 cm³/mol. The lowest BCUT2D eigenvalue weighted by atomic mass is 10.2. The number of fused-ring (bicyclic) bond motifs is 1. The van der Waals surface area contributed by atoms with Crippen molar-refractivity contribution in [1.82, 2.24) is 9.55 Å². The first-order chi connectivity index (χ1) is 9.79. The van der Waals surface area contributed by atoms with Crippen LogP contribution in [-0.4, -0.2) is 21.3 Å². The summed E-state index contributed by atoms with van der Waals surface area (Å²) in [6.07, 6.45) is 0. The number of para-hydroxylation sites is 2. The van der Waals surface area contributed by atoms with Crippen molar-refractivity contribution in [3.63, 3.8) is 0 Å². The van der Waals surface area contributed by atoms with E-state index in [1.165, 1.54) is 4.88 Å². The molecule has 0 unspecified atom stereocenters. The van der Waals surface area contributed by atoms with Crippen LogP contribution in [0.25, 0.3) is 11.0 Å². The number of thiophene rings is 1. The summed E-state index contributed by atoms with van der Waals surface area (Å²) in [5.41, 5.74) is 3.14. The van der Waals surface area contributed by atoms with Gasteiger partial charge in [0, 0.05) is 10.4 Å². The van der Waals surface area contributed by atoms with Crippen molar-refractivity contribution < 1.29 is 5.11 Å². The molecular weight excluding hydrogens is 268 g/mol. The lowest BCUT2D eigenvalue weighted by Crippen LogP contribution is -2.01. The summed E-state index contributed by atoms with van der Waals surface area (Å²) in [5, 5.41) is 10.8. The van der Waals surface area contributed by atoms with Crippen molar-refractivity contribution in [1.29, 1.82) is 0 Å². The second kappa shape index (κ2) is 5.49. The SMILES string of the molecule is Cc1nc2ccccc2n1Cc1sccc1C#CCO. The van der Waals surface area contributed by atoms with Crippen LogP contribution in [0, 0.1) is 18.8 Å². The largest absolute Gasteiger partial charge is 0.384 e. The van der Waals surface area contributed by atoms with E-state index in [4.69, 9.17) is 5.11 Å². The standard InChI is InChI=1S/C16H14N2OS/c1-12-17-14-6-2-3-7-15(14)18(12)11-16-13(5-4-9-19)8-10-20-16/h2-3,6-8,10,19H,9,11H2,1H3. The molecule has 1 N–H and O–H groups in total.